The van der Waals surface area contributed by atoms with Crippen molar-refractivity contribution in [3.8, 4) is 0 Å². The van der Waals surface area contributed by atoms with E-state index < -0.39 is 0 Å². The lowest BCUT2D eigenvalue weighted by Crippen LogP contribution is -2.51. The number of ether oxygens (including phenoxy) is 1. The molecule has 1 amide bonds. The molecule has 2 unspecified atom stereocenters. The van der Waals surface area contributed by atoms with Crippen molar-refractivity contribution >= 4 is 11.9 Å². The summed E-state index contributed by atoms with van der Waals surface area (Å²) in [4.78, 5) is 18.8. The fourth-order valence-electron chi connectivity index (χ4n) is 4.02. The van der Waals surface area contributed by atoms with Gasteiger partial charge in [-0.3, -0.25) is 9.79 Å². The summed E-state index contributed by atoms with van der Waals surface area (Å²) in [5.41, 5.74) is 0.919. The molecule has 0 saturated carbocycles. The van der Waals surface area contributed by atoms with E-state index in [-0.39, 0.29) is 23.2 Å². The number of hydrogen-bond donors (Lipinski definition) is 2. The summed E-state index contributed by atoms with van der Waals surface area (Å²) in [6, 6.07) is 6.35. The number of carbonyl (C=O) groups excluding carboxylic acids is 1. The van der Waals surface area contributed by atoms with Crippen molar-refractivity contribution in [3.05, 3.63) is 35.6 Å². The van der Waals surface area contributed by atoms with E-state index in [4.69, 9.17) is 9.73 Å². The summed E-state index contributed by atoms with van der Waals surface area (Å²) in [6.07, 6.45) is 2.48. The second-order valence-electron chi connectivity index (χ2n) is 7.45. The van der Waals surface area contributed by atoms with Crippen molar-refractivity contribution in [2.45, 2.75) is 32.3 Å². The van der Waals surface area contributed by atoms with Crippen molar-refractivity contribution in [3.63, 3.8) is 0 Å². The lowest BCUT2D eigenvalue weighted by atomic mass is 9.79. The number of piperidine rings is 1. The van der Waals surface area contributed by atoms with Gasteiger partial charge in [0.2, 0.25) is 5.91 Å². The Bertz CT molecular complexity index is 679. The molecule has 2 atom stereocenters. The highest BCUT2D eigenvalue weighted by Crippen LogP contribution is 2.36. The van der Waals surface area contributed by atoms with Gasteiger partial charge in [0.25, 0.3) is 0 Å². The number of hydrogen-bond acceptors (Lipinski definition) is 3. The molecule has 6 nitrogen and oxygen atoms in total. The van der Waals surface area contributed by atoms with Crippen LogP contribution in [-0.4, -0.2) is 56.6 Å². The summed E-state index contributed by atoms with van der Waals surface area (Å²) >= 11 is 0. The molecule has 0 radical (unpaired) electrons. The molecule has 7 heteroatoms. The van der Waals surface area contributed by atoms with Crippen molar-refractivity contribution in [1.82, 2.24) is 15.5 Å². The van der Waals surface area contributed by atoms with E-state index in [0.29, 0.717) is 13.0 Å². The third-order valence-corrected chi connectivity index (χ3v) is 5.43. The van der Waals surface area contributed by atoms with Crippen LogP contribution in [0, 0.1) is 11.2 Å². The number of halogens is 1. The quantitative estimate of drug-likeness (QED) is 0.610. The number of nitrogens with one attached hydrogen (secondary N) is 2. The van der Waals surface area contributed by atoms with Crippen molar-refractivity contribution in [1.29, 1.82) is 0 Å². The lowest BCUT2D eigenvalue weighted by molar-refractivity contribution is -0.119. The van der Waals surface area contributed by atoms with Crippen molar-refractivity contribution < 1.29 is 13.9 Å². The van der Waals surface area contributed by atoms with E-state index in [2.05, 4.69) is 15.5 Å². The zero-order valence-corrected chi connectivity index (χ0v) is 16.1. The minimum atomic E-state index is -0.260. The number of likely N-dealkylation sites (tertiary alicyclic amines) is 1. The molecule has 1 spiro atoms. The molecular formula is C20H29FN4O2. The molecule has 1 aromatic rings. The molecule has 27 heavy (non-hydrogen) atoms. The van der Waals surface area contributed by atoms with Crippen LogP contribution in [0.3, 0.4) is 0 Å². The monoisotopic (exact) mass is 376 g/mol. The molecule has 2 heterocycles. The van der Waals surface area contributed by atoms with Crippen molar-refractivity contribution in [2.75, 3.05) is 39.8 Å². The maximum Gasteiger partial charge on any atom is 0.220 e. The summed E-state index contributed by atoms with van der Waals surface area (Å²) < 4.78 is 18.7. The van der Waals surface area contributed by atoms with E-state index in [1.165, 1.54) is 12.1 Å². The van der Waals surface area contributed by atoms with E-state index in [1.807, 2.05) is 6.92 Å². The van der Waals surface area contributed by atoms with Crippen LogP contribution in [-0.2, 0) is 9.53 Å². The Morgan fingerprint density at radius 2 is 2.22 bits per heavy atom. The standard InChI is InChI=1S/C20H29FN4O2/c1-3-22-19(23-12-17(27-2)15-5-7-16(21)8-6-15)25-10-4-9-20(14-25)11-18(26)24-13-20/h5-8,17H,3-4,9-14H2,1-2H3,(H,22,23)(H,24,26). The number of aliphatic imine (C=N–C) groups is 1. The highest BCUT2D eigenvalue weighted by Gasteiger charge is 2.42. The minimum Gasteiger partial charge on any atom is -0.375 e. The van der Waals surface area contributed by atoms with E-state index in [1.54, 1.807) is 19.2 Å². The predicted molar refractivity (Wildman–Crippen MR) is 103 cm³/mol. The van der Waals surface area contributed by atoms with Gasteiger partial charge in [-0.15, -0.1) is 0 Å². The first-order valence-electron chi connectivity index (χ1n) is 9.63. The summed E-state index contributed by atoms with van der Waals surface area (Å²) in [7, 11) is 1.64. The van der Waals surface area contributed by atoms with Gasteiger partial charge < -0.3 is 20.3 Å². The largest absolute Gasteiger partial charge is 0.375 e. The third kappa shape index (κ3) is 4.77. The average molecular weight is 376 g/mol. The second kappa shape index (κ2) is 8.69. The maximum atomic E-state index is 13.2. The third-order valence-electron chi connectivity index (χ3n) is 5.43. The molecule has 3 rings (SSSR count). The Hall–Kier alpha value is -2.15. The normalized spacial score (nSPS) is 24.2. The molecule has 1 aromatic carbocycles. The highest BCUT2D eigenvalue weighted by molar-refractivity contribution is 5.81. The Balaban J connectivity index is 1.71. The van der Waals surface area contributed by atoms with Gasteiger partial charge in [-0.2, -0.15) is 0 Å². The zero-order chi connectivity index (χ0) is 19.3. The predicted octanol–water partition coefficient (Wildman–Crippen LogP) is 2.08. The molecule has 0 aliphatic carbocycles. The van der Waals surface area contributed by atoms with Gasteiger partial charge in [0.15, 0.2) is 5.96 Å². The Kier molecular flexibility index (Phi) is 6.31. The fraction of sp³-hybridized carbons (Fsp3) is 0.600. The van der Waals surface area contributed by atoms with Crippen LogP contribution >= 0.6 is 0 Å². The van der Waals surface area contributed by atoms with Crippen LogP contribution in [0.4, 0.5) is 4.39 Å². The molecule has 148 valence electrons. The fourth-order valence-corrected chi connectivity index (χ4v) is 4.02. The minimum absolute atomic E-state index is 0.0170. The topological polar surface area (TPSA) is 66.0 Å². The molecule has 2 aliphatic heterocycles. The van der Waals surface area contributed by atoms with Crippen LogP contribution in [0.15, 0.2) is 29.3 Å². The maximum absolute atomic E-state index is 13.2. The first kappa shape index (κ1) is 19.6. The number of rotatable bonds is 5. The number of amides is 1. The lowest BCUT2D eigenvalue weighted by Gasteiger charge is -2.41. The van der Waals surface area contributed by atoms with E-state index in [0.717, 1.165) is 50.5 Å². The molecule has 2 N–H and O–H groups in total. The van der Waals surface area contributed by atoms with Gasteiger partial charge in [0.1, 0.15) is 11.9 Å². The molecule has 0 bridgehead atoms. The van der Waals surface area contributed by atoms with Gasteiger partial charge >= 0.3 is 0 Å². The number of nitrogens with zero attached hydrogens (tertiary/aromatic N) is 2. The van der Waals surface area contributed by atoms with Gasteiger partial charge in [0, 0.05) is 45.1 Å². The van der Waals surface area contributed by atoms with Crippen LogP contribution in [0.5, 0.6) is 0 Å². The second-order valence-corrected chi connectivity index (χ2v) is 7.45. The molecule has 0 aromatic heterocycles. The first-order chi connectivity index (χ1) is 13.0. The molecule has 2 saturated heterocycles. The van der Waals surface area contributed by atoms with Crippen LogP contribution < -0.4 is 10.6 Å². The first-order valence-corrected chi connectivity index (χ1v) is 9.63. The number of methoxy groups -OCH3 is 1. The van der Waals surface area contributed by atoms with E-state index in [9.17, 15) is 9.18 Å². The van der Waals surface area contributed by atoms with E-state index >= 15 is 0 Å². The van der Waals surface area contributed by atoms with Crippen LogP contribution in [0.2, 0.25) is 0 Å². The Morgan fingerprint density at radius 1 is 1.44 bits per heavy atom. The van der Waals surface area contributed by atoms with Gasteiger partial charge in [-0.05, 0) is 37.5 Å². The number of carbonyl (C=O) groups is 1. The average Bonchev–Trinajstić information content (AvgIpc) is 3.02. The van der Waals surface area contributed by atoms with Gasteiger partial charge in [-0.25, -0.2) is 4.39 Å². The summed E-state index contributed by atoms with van der Waals surface area (Å²) in [6.45, 7) is 5.77. The molecular weight excluding hydrogens is 347 g/mol. The van der Waals surface area contributed by atoms with Crippen LogP contribution in [0.25, 0.3) is 0 Å². The highest BCUT2D eigenvalue weighted by atomic mass is 19.1. The van der Waals surface area contributed by atoms with Crippen LogP contribution in [0.1, 0.15) is 37.9 Å². The zero-order valence-electron chi connectivity index (χ0n) is 16.1. The molecule has 2 aliphatic rings. The SMILES string of the molecule is CCNC(=NCC(OC)c1ccc(F)cc1)N1CCCC2(CNC(=O)C2)C1. The van der Waals surface area contributed by atoms with Crippen molar-refractivity contribution in [2.24, 2.45) is 10.4 Å². The summed E-state index contributed by atoms with van der Waals surface area (Å²) in [5, 5.41) is 6.35. The Labute approximate surface area is 160 Å². The number of benzene rings is 1. The number of guanidine groups is 1. The Morgan fingerprint density at radius 3 is 2.85 bits per heavy atom. The van der Waals surface area contributed by atoms with Gasteiger partial charge in [-0.1, -0.05) is 12.1 Å². The van der Waals surface area contributed by atoms with Gasteiger partial charge in [0.05, 0.1) is 6.54 Å². The summed E-state index contributed by atoms with van der Waals surface area (Å²) in [5.74, 6) is 0.735. The smallest absolute Gasteiger partial charge is 0.220 e. The molecule has 2 fully saturated rings.